The predicted molar refractivity (Wildman–Crippen MR) is 36.6 cm³/mol. The van der Waals surface area contributed by atoms with Gasteiger partial charge in [-0.2, -0.15) is 9.61 Å². The fraction of sp³-hybridized carbons (Fsp3) is 0.200. The summed E-state index contributed by atoms with van der Waals surface area (Å²) in [6.45, 7) is 1.78. The van der Waals surface area contributed by atoms with Crippen LogP contribution in [0.4, 0.5) is 0 Å². The highest BCUT2D eigenvalue weighted by Gasteiger charge is 1.90. The Morgan fingerprint density at radius 2 is 2.56 bits per heavy atom. The maximum absolute atomic E-state index is 5.17. The molecule has 0 aliphatic heterocycles. The molecule has 0 atom stereocenters. The molecular weight excluding hydrogens is 138 g/mol. The fourth-order valence-corrected chi connectivity index (χ4v) is 0.576. The maximum atomic E-state index is 5.17. The third-order valence-corrected chi connectivity index (χ3v) is 1.20. The number of halogens is 1. The van der Waals surface area contributed by atoms with E-state index in [2.05, 4.69) is 9.61 Å². The van der Waals surface area contributed by atoms with Crippen LogP contribution in [0.25, 0.3) is 0 Å². The lowest BCUT2D eigenvalue weighted by Gasteiger charge is -1.93. The molecule has 0 bridgehead atoms. The molecule has 0 fully saturated rings. The monoisotopic (exact) mass is 143 g/mol. The van der Waals surface area contributed by atoms with Crippen molar-refractivity contribution in [2.75, 3.05) is 0 Å². The van der Waals surface area contributed by atoms with Crippen molar-refractivity contribution in [1.29, 1.82) is 0 Å². The second kappa shape index (κ2) is 2.64. The van der Waals surface area contributed by atoms with Crippen molar-refractivity contribution in [3.05, 3.63) is 18.5 Å². The van der Waals surface area contributed by atoms with Gasteiger partial charge in [-0.05, 0) is 13.0 Å². The lowest BCUT2D eigenvalue weighted by Crippen LogP contribution is -2.05. The molecule has 4 heteroatoms. The molecule has 1 aromatic rings. The van der Waals surface area contributed by atoms with E-state index >= 15 is 0 Å². The molecule has 0 aromatic carbocycles. The van der Waals surface area contributed by atoms with Gasteiger partial charge in [-0.1, -0.05) is 0 Å². The highest BCUT2D eigenvalue weighted by Crippen LogP contribution is 1.87. The van der Waals surface area contributed by atoms with E-state index in [1.807, 2.05) is 6.07 Å². The summed E-state index contributed by atoms with van der Waals surface area (Å²) in [7, 11) is 0. The summed E-state index contributed by atoms with van der Waals surface area (Å²) < 4.78 is 5.01. The van der Waals surface area contributed by atoms with Gasteiger partial charge in [-0.15, -0.1) is 0 Å². The van der Waals surface area contributed by atoms with Gasteiger partial charge in [0.05, 0.1) is 0 Å². The van der Waals surface area contributed by atoms with E-state index in [0.29, 0.717) is 5.84 Å². The average molecular weight is 144 g/mol. The fourth-order valence-electron chi connectivity index (χ4n) is 0.499. The maximum Gasteiger partial charge on any atom is 0.141 e. The van der Waals surface area contributed by atoms with Crippen molar-refractivity contribution in [3.63, 3.8) is 0 Å². The molecule has 0 amide bonds. The molecule has 48 valence electrons. The van der Waals surface area contributed by atoms with Gasteiger partial charge in [-0.25, -0.2) is 4.68 Å². The third kappa shape index (κ3) is 1.29. The first-order valence-electron chi connectivity index (χ1n) is 2.50. The quantitative estimate of drug-likeness (QED) is 0.398. The molecule has 1 rings (SSSR count). The summed E-state index contributed by atoms with van der Waals surface area (Å²) >= 11 is 5.17. The average Bonchev–Trinajstić information content (AvgIpc) is 2.37. The summed E-state index contributed by atoms with van der Waals surface area (Å²) in [4.78, 5) is 0. The van der Waals surface area contributed by atoms with Crippen LogP contribution in [0.15, 0.2) is 23.0 Å². The Morgan fingerprint density at radius 1 is 1.78 bits per heavy atom. The molecule has 0 spiro atoms. The van der Waals surface area contributed by atoms with Crippen molar-refractivity contribution < 1.29 is 0 Å². The summed E-state index contributed by atoms with van der Waals surface area (Å²) in [6, 6.07) is 1.81. The lowest BCUT2D eigenvalue weighted by molar-refractivity contribution is 0.930. The molecule has 0 aliphatic carbocycles. The van der Waals surface area contributed by atoms with Crippen molar-refractivity contribution in [2.24, 2.45) is 4.51 Å². The van der Waals surface area contributed by atoms with Gasteiger partial charge >= 0.3 is 0 Å². The molecule has 3 nitrogen and oxygen atoms in total. The molecule has 0 radical (unpaired) electrons. The molecule has 1 aromatic heterocycles. The van der Waals surface area contributed by atoms with E-state index in [4.69, 9.17) is 11.8 Å². The van der Waals surface area contributed by atoms with Gasteiger partial charge in [0.25, 0.3) is 0 Å². The zero-order valence-electron chi connectivity index (χ0n) is 4.95. The Kier molecular flexibility index (Phi) is 1.85. The van der Waals surface area contributed by atoms with Crippen LogP contribution in [0.1, 0.15) is 6.92 Å². The van der Waals surface area contributed by atoms with E-state index in [1.54, 1.807) is 24.0 Å². The molecule has 9 heavy (non-hydrogen) atoms. The van der Waals surface area contributed by atoms with Crippen molar-refractivity contribution in [1.82, 2.24) is 9.78 Å². The smallest absolute Gasteiger partial charge is 0.141 e. The number of hydrogen-bond donors (Lipinski definition) is 0. The van der Waals surface area contributed by atoms with Crippen molar-refractivity contribution >= 4 is 17.6 Å². The summed E-state index contributed by atoms with van der Waals surface area (Å²) in [5.41, 5.74) is 0. The van der Waals surface area contributed by atoms with E-state index in [9.17, 15) is 0 Å². The molecular formula is C5H6ClN3. The minimum absolute atomic E-state index is 0.668. The Labute approximate surface area is 58.1 Å². The third-order valence-electron chi connectivity index (χ3n) is 0.958. The minimum Gasteiger partial charge on any atom is -0.226 e. The lowest BCUT2D eigenvalue weighted by atomic mass is 10.7. The second-order valence-electron chi connectivity index (χ2n) is 1.58. The second-order valence-corrected chi connectivity index (χ2v) is 1.75. The van der Waals surface area contributed by atoms with Gasteiger partial charge in [0.2, 0.25) is 0 Å². The van der Waals surface area contributed by atoms with E-state index in [-0.39, 0.29) is 0 Å². The first-order chi connectivity index (χ1) is 4.34. The van der Waals surface area contributed by atoms with Crippen LogP contribution in [0.3, 0.4) is 0 Å². The van der Waals surface area contributed by atoms with Gasteiger partial charge in [0, 0.05) is 24.2 Å². The SMILES string of the molecule is CC(=NCl)n1cccn1. The van der Waals surface area contributed by atoms with Crippen LogP contribution in [0.5, 0.6) is 0 Å². The Bertz CT molecular complexity index is 202. The molecule has 0 saturated heterocycles. The summed E-state index contributed by atoms with van der Waals surface area (Å²) in [5.74, 6) is 0.668. The summed E-state index contributed by atoms with van der Waals surface area (Å²) in [6.07, 6.45) is 3.45. The zero-order valence-corrected chi connectivity index (χ0v) is 5.71. The minimum atomic E-state index is 0.668. The van der Waals surface area contributed by atoms with Crippen LogP contribution in [0, 0.1) is 0 Å². The predicted octanol–water partition coefficient (Wildman–Crippen LogP) is 1.30. The van der Waals surface area contributed by atoms with Gasteiger partial charge in [0.1, 0.15) is 5.84 Å². The Hall–Kier alpha value is -0.830. The number of nitrogens with zero attached hydrogens (tertiary/aromatic N) is 3. The topological polar surface area (TPSA) is 30.2 Å². The van der Waals surface area contributed by atoms with E-state index < -0.39 is 0 Å². The Morgan fingerprint density at radius 3 is 3.00 bits per heavy atom. The number of aromatic nitrogens is 2. The van der Waals surface area contributed by atoms with Crippen LogP contribution < -0.4 is 0 Å². The first kappa shape index (κ1) is 6.29. The molecule has 0 N–H and O–H groups in total. The standard InChI is InChI=1S/C5H6ClN3/c1-5(8-6)9-4-2-3-7-9/h2-4H,1H3. The van der Waals surface area contributed by atoms with Crippen molar-refractivity contribution in [3.8, 4) is 0 Å². The van der Waals surface area contributed by atoms with Crippen LogP contribution in [-0.4, -0.2) is 15.6 Å². The highest BCUT2D eigenvalue weighted by molar-refractivity contribution is 6.19. The zero-order chi connectivity index (χ0) is 6.69. The molecule has 1 heterocycles. The number of rotatable bonds is 0. The summed E-state index contributed by atoms with van der Waals surface area (Å²) in [5, 5.41) is 3.89. The normalized spacial score (nSPS) is 12.0. The van der Waals surface area contributed by atoms with Crippen LogP contribution in [-0.2, 0) is 0 Å². The Balaban J connectivity index is 2.90. The largest absolute Gasteiger partial charge is 0.226 e. The van der Waals surface area contributed by atoms with Crippen LogP contribution in [0.2, 0.25) is 0 Å². The first-order valence-corrected chi connectivity index (χ1v) is 2.84. The van der Waals surface area contributed by atoms with Gasteiger partial charge in [0.15, 0.2) is 0 Å². The molecule has 0 unspecified atom stereocenters. The highest BCUT2D eigenvalue weighted by atomic mass is 35.5. The molecule has 0 aliphatic rings. The number of hydrogen-bond acceptors (Lipinski definition) is 2. The van der Waals surface area contributed by atoms with Crippen molar-refractivity contribution in [2.45, 2.75) is 6.92 Å². The van der Waals surface area contributed by atoms with Gasteiger partial charge in [-0.3, -0.25) is 0 Å². The molecule has 0 saturated carbocycles. The van der Waals surface area contributed by atoms with E-state index in [0.717, 1.165) is 0 Å². The van der Waals surface area contributed by atoms with E-state index in [1.165, 1.54) is 0 Å². The van der Waals surface area contributed by atoms with Crippen LogP contribution >= 0.6 is 11.8 Å². The van der Waals surface area contributed by atoms with Gasteiger partial charge < -0.3 is 0 Å².